The lowest BCUT2D eigenvalue weighted by Crippen LogP contribution is -2.46. The Morgan fingerprint density at radius 2 is 2.03 bits per heavy atom. The van der Waals surface area contributed by atoms with Crippen molar-refractivity contribution in [1.29, 1.82) is 0 Å². The molecule has 3 heterocycles. The van der Waals surface area contributed by atoms with E-state index >= 15 is 0 Å². The number of furan rings is 1. The summed E-state index contributed by atoms with van der Waals surface area (Å²) in [6.07, 6.45) is 2.37. The van der Waals surface area contributed by atoms with Crippen LogP contribution in [0.1, 0.15) is 29.0 Å². The molecule has 0 radical (unpaired) electrons. The average molecular weight is 454 g/mol. The summed E-state index contributed by atoms with van der Waals surface area (Å²) in [6.45, 7) is 2.06. The molecule has 1 aromatic heterocycles. The van der Waals surface area contributed by atoms with Crippen LogP contribution in [0.25, 0.3) is 0 Å². The Balaban J connectivity index is 1.45. The molecule has 2 aliphatic rings. The number of carbonyl (C=O) groups is 2. The van der Waals surface area contributed by atoms with Crippen LogP contribution in [-0.2, 0) is 14.8 Å². The van der Waals surface area contributed by atoms with Crippen molar-refractivity contribution in [1.82, 2.24) is 9.62 Å². The van der Waals surface area contributed by atoms with Crippen molar-refractivity contribution >= 4 is 39.1 Å². The summed E-state index contributed by atoms with van der Waals surface area (Å²) >= 11 is 6.20. The standard InChI is InChI=1S/C19H20ClN3O6S/c1-11-4-7-28-18(11)19(25)21-12-2-5-23(6-3-12)30(26,27)16-9-15-14(8-13(16)20)22-17(24)10-29-15/h4,7-9,12H,2-3,5-6,10H2,1H3,(H,21,25)(H,22,24). The van der Waals surface area contributed by atoms with Crippen LogP contribution in [0.3, 0.4) is 0 Å². The second-order valence-electron chi connectivity index (χ2n) is 7.20. The molecule has 2 aromatic rings. The Morgan fingerprint density at radius 1 is 1.30 bits per heavy atom. The van der Waals surface area contributed by atoms with Crippen molar-refractivity contribution in [2.24, 2.45) is 0 Å². The van der Waals surface area contributed by atoms with Gasteiger partial charge in [-0.1, -0.05) is 11.6 Å². The van der Waals surface area contributed by atoms with Gasteiger partial charge in [-0.15, -0.1) is 0 Å². The first-order valence-electron chi connectivity index (χ1n) is 9.37. The van der Waals surface area contributed by atoms with Gasteiger partial charge >= 0.3 is 0 Å². The molecule has 11 heteroatoms. The van der Waals surface area contributed by atoms with E-state index in [1.807, 2.05) is 0 Å². The molecule has 0 aliphatic carbocycles. The number of aryl methyl sites for hydroxylation is 1. The quantitative estimate of drug-likeness (QED) is 0.732. The highest BCUT2D eigenvalue weighted by Gasteiger charge is 2.33. The van der Waals surface area contributed by atoms with Crippen molar-refractivity contribution in [3.63, 3.8) is 0 Å². The molecule has 160 valence electrons. The number of fused-ring (bicyclic) bond motifs is 1. The summed E-state index contributed by atoms with van der Waals surface area (Å²) in [4.78, 5) is 23.7. The number of hydrogen-bond acceptors (Lipinski definition) is 6. The van der Waals surface area contributed by atoms with Crippen LogP contribution in [0.2, 0.25) is 5.02 Å². The van der Waals surface area contributed by atoms with E-state index in [1.165, 1.54) is 22.7 Å². The third-order valence-electron chi connectivity index (χ3n) is 5.14. The number of hydrogen-bond donors (Lipinski definition) is 2. The highest BCUT2D eigenvalue weighted by molar-refractivity contribution is 7.89. The van der Waals surface area contributed by atoms with Gasteiger partial charge in [0.15, 0.2) is 12.4 Å². The maximum absolute atomic E-state index is 13.1. The number of nitrogens with zero attached hydrogens (tertiary/aromatic N) is 1. The summed E-state index contributed by atoms with van der Waals surface area (Å²) in [6, 6.07) is 4.26. The largest absolute Gasteiger partial charge is 0.482 e. The van der Waals surface area contributed by atoms with Crippen LogP contribution >= 0.6 is 11.6 Å². The molecule has 0 spiro atoms. The van der Waals surface area contributed by atoms with Crippen molar-refractivity contribution < 1.29 is 27.2 Å². The number of nitrogens with one attached hydrogen (secondary N) is 2. The highest BCUT2D eigenvalue weighted by Crippen LogP contribution is 2.37. The van der Waals surface area contributed by atoms with Crippen molar-refractivity contribution in [3.05, 3.63) is 40.8 Å². The minimum Gasteiger partial charge on any atom is -0.482 e. The minimum atomic E-state index is -3.86. The van der Waals surface area contributed by atoms with E-state index in [0.29, 0.717) is 18.5 Å². The van der Waals surface area contributed by atoms with E-state index < -0.39 is 10.0 Å². The molecule has 2 N–H and O–H groups in total. The van der Waals surface area contributed by atoms with Crippen LogP contribution in [0.15, 0.2) is 33.8 Å². The fraction of sp³-hybridized carbons (Fsp3) is 0.368. The number of rotatable bonds is 4. The molecular formula is C19H20ClN3O6S. The SMILES string of the molecule is Cc1ccoc1C(=O)NC1CCN(S(=O)(=O)c2cc3c(cc2Cl)NC(=O)CO3)CC1. The Hall–Kier alpha value is -2.56. The predicted molar refractivity (Wildman–Crippen MR) is 108 cm³/mol. The summed E-state index contributed by atoms with van der Waals surface area (Å²) in [5, 5.41) is 5.49. The molecule has 9 nitrogen and oxygen atoms in total. The second kappa shape index (κ2) is 7.93. The number of amides is 2. The predicted octanol–water partition coefficient (Wildman–Crippen LogP) is 2.16. The Bertz CT molecular complexity index is 1110. The van der Waals surface area contributed by atoms with E-state index in [2.05, 4.69) is 10.6 Å². The van der Waals surface area contributed by atoms with Crippen molar-refractivity contribution in [2.75, 3.05) is 25.0 Å². The van der Waals surface area contributed by atoms with Crippen LogP contribution in [-0.4, -0.2) is 50.3 Å². The zero-order chi connectivity index (χ0) is 21.5. The summed E-state index contributed by atoms with van der Waals surface area (Å²) in [5.41, 5.74) is 1.08. The number of benzene rings is 1. The Morgan fingerprint density at radius 3 is 2.70 bits per heavy atom. The van der Waals surface area contributed by atoms with Gasteiger partial charge < -0.3 is 19.8 Å². The Labute approximate surface area is 178 Å². The van der Waals surface area contributed by atoms with Crippen molar-refractivity contribution in [2.45, 2.75) is 30.7 Å². The zero-order valence-electron chi connectivity index (χ0n) is 16.1. The number of halogens is 1. The molecule has 0 atom stereocenters. The third-order valence-corrected chi connectivity index (χ3v) is 7.51. The average Bonchev–Trinajstić information content (AvgIpc) is 3.13. The fourth-order valence-corrected chi connectivity index (χ4v) is 5.50. The summed E-state index contributed by atoms with van der Waals surface area (Å²) < 4.78 is 38.1. The molecule has 1 saturated heterocycles. The first-order chi connectivity index (χ1) is 14.3. The van der Waals surface area contributed by atoms with E-state index in [-0.39, 0.29) is 59.0 Å². The van der Waals surface area contributed by atoms with Crippen LogP contribution in [0.5, 0.6) is 5.75 Å². The van der Waals surface area contributed by atoms with Gasteiger partial charge in [0.25, 0.3) is 11.8 Å². The lowest BCUT2D eigenvalue weighted by atomic mass is 10.1. The maximum Gasteiger partial charge on any atom is 0.287 e. The molecule has 30 heavy (non-hydrogen) atoms. The van der Waals surface area contributed by atoms with Crippen LogP contribution in [0, 0.1) is 6.92 Å². The first-order valence-corrected chi connectivity index (χ1v) is 11.2. The van der Waals surface area contributed by atoms with Gasteiger partial charge in [-0.25, -0.2) is 8.42 Å². The number of anilines is 1. The van der Waals surface area contributed by atoms with Gasteiger partial charge in [-0.2, -0.15) is 4.31 Å². The number of sulfonamides is 1. The van der Waals surface area contributed by atoms with E-state index in [9.17, 15) is 18.0 Å². The lowest BCUT2D eigenvalue weighted by Gasteiger charge is -2.32. The fourth-order valence-electron chi connectivity index (χ4n) is 3.51. The van der Waals surface area contributed by atoms with Crippen molar-refractivity contribution in [3.8, 4) is 5.75 Å². The van der Waals surface area contributed by atoms with Gasteiger partial charge in [0.2, 0.25) is 10.0 Å². The number of ether oxygens (including phenoxy) is 1. The molecule has 2 aliphatic heterocycles. The lowest BCUT2D eigenvalue weighted by molar-refractivity contribution is -0.118. The third kappa shape index (κ3) is 3.90. The topological polar surface area (TPSA) is 118 Å². The first kappa shape index (κ1) is 20.7. The van der Waals surface area contributed by atoms with Gasteiger partial charge in [0.1, 0.15) is 10.6 Å². The van der Waals surface area contributed by atoms with E-state index in [4.69, 9.17) is 20.8 Å². The van der Waals surface area contributed by atoms with Gasteiger partial charge in [0, 0.05) is 30.8 Å². The molecule has 0 unspecified atom stereocenters. The van der Waals surface area contributed by atoms with Crippen LogP contribution in [0.4, 0.5) is 5.69 Å². The van der Waals surface area contributed by atoms with Crippen LogP contribution < -0.4 is 15.4 Å². The number of piperidine rings is 1. The maximum atomic E-state index is 13.1. The van der Waals surface area contributed by atoms with Gasteiger partial charge in [-0.05, 0) is 31.9 Å². The van der Waals surface area contributed by atoms with E-state index in [0.717, 1.165) is 5.56 Å². The normalized spacial score (nSPS) is 17.7. The summed E-state index contributed by atoms with van der Waals surface area (Å²) in [7, 11) is -3.86. The second-order valence-corrected chi connectivity index (χ2v) is 9.51. The van der Waals surface area contributed by atoms with Gasteiger partial charge in [0.05, 0.1) is 17.0 Å². The van der Waals surface area contributed by atoms with Gasteiger partial charge in [-0.3, -0.25) is 9.59 Å². The minimum absolute atomic E-state index is 0.00303. The van der Waals surface area contributed by atoms with E-state index in [1.54, 1.807) is 13.0 Å². The smallest absolute Gasteiger partial charge is 0.287 e. The molecule has 0 bridgehead atoms. The molecule has 2 amide bonds. The highest BCUT2D eigenvalue weighted by atomic mass is 35.5. The molecule has 4 rings (SSSR count). The molecule has 1 fully saturated rings. The Kier molecular flexibility index (Phi) is 5.48. The number of carbonyl (C=O) groups excluding carboxylic acids is 2. The molecular weight excluding hydrogens is 434 g/mol. The summed E-state index contributed by atoms with van der Waals surface area (Å²) in [5.74, 6) is -0.120. The monoisotopic (exact) mass is 453 g/mol. The zero-order valence-corrected chi connectivity index (χ0v) is 17.7. The molecule has 1 aromatic carbocycles. The molecule has 0 saturated carbocycles.